The molecule has 1 atom stereocenters. The van der Waals surface area contributed by atoms with E-state index in [2.05, 4.69) is 47.3 Å². The van der Waals surface area contributed by atoms with Gasteiger partial charge in [-0.05, 0) is 25.3 Å². The van der Waals surface area contributed by atoms with Gasteiger partial charge in [0.25, 0.3) is 0 Å². The van der Waals surface area contributed by atoms with Gasteiger partial charge in [-0.25, -0.2) is 0 Å². The average molecular weight is 392 g/mol. The zero-order valence-electron chi connectivity index (χ0n) is 19.2. The Labute approximate surface area is 166 Å². The van der Waals surface area contributed by atoms with E-state index >= 15 is 0 Å². The third kappa shape index (κ3) is 12.5. The van der Waals surface area contributed by atoms with Crippen molar-refractivity contribution in [2.75, 3.05) is 32.8 Å². The fraction of sp³-hybridized carbons (Fsp3) is 1.00. The maximum absolute atomic E-state index is 6.29. The highest BCUT2D eigenvalue weighted by Crippen LogP contribution is 2.24. The Morgan fingerprint density at radius 2 is 1.23 bits per heavy atom. The molecule has 0 N–H and O–H groups in total. The van der Waals surface area contributed by atoms with E-state index in [4.69, 9.17) is 4.74 Å². The number of hydrogen-bond acceptors (Lipinski definition) is 1. The summed E-state index contributed by atoms with van der Waals surface area (Å²) in [7, 11) is -0.987. The third-order valence-corrected chi connectivity index (χ3v) is 7.28. The summed E-state index contributed by atoms with van der Waals surface area (Å²) in [6.45, 7) is 22.8. The molecule has 4 heteroatoms. The first-order valence-corrected chi connectivity index (χ1v) is 15.0. The van der Waals surface area contributed by atoms with Gasteiger partial charge in [0.1, 0.15) is 6.04 Å². The van der Waals surface area contributed by atoms with Gasteiger partial charge < -0.3 is 13.9 Å². The van der Waals surface area contributed by atoms with Crippen LogP contribution in [0.15, 0.2) is 0 Å². The van der Waals surface area contributed by atoms with Crippen molar-refractivity contribution in [1.29, 1.82) is 0 Å². The number of quaternary nitrogens is 1. The minimum atomic E-state index is -0.987. The van der Waals surface area contributed by atoms with E-state index in [9.17, 15) is 0 Å². The number of halogens is 1. The predicted octanol–water partition coefficient (Wildman–Crippen LogP) is 3.73. The molecular formula is C22H50FNOSi. The van der Waals surface area contributed by atoms with Crippen LogP contribution in [0, 0.1) is 0 Å². The fourth-order valence-electron chi connectivity index (χ4n) is 3.75. The summed E-state index contributed by atoms with van der Waals surface area (Å²) in [6, 6.07) is 2.00. The second-order valence-electron chi connectivity index (χ2n) is 9.28. The van der Waals surface area contributed by atoms with Crippen LogP contribution in [0.5, 0.6) is 0 Å². The summed E-state index contributed by atoms with van der Waals surface area (Å²) in [5.74, 6) is 0. The van der Waals surface area contributed by atoms with Gasteiger partial charge in [0, 0.05) is 21.1 Å². The molecule has 0 spiro atoms. The molecule has 0 radical (unpaired) electrons. The number of hydrogen-bond donors (Lipinski definition) is 0. The molecule has 0 aliphatic carbocycles. The van der Waals surface area contributed by atoms with E-state index in [1.807, 2.05) is 0 Å². The SMILES string of the molecule is CCCC[N+](CCCC)(CCCC)C(CCC)COCC[Si](C)(C)C.[F-]. The molecule has 0 aliphatic heterocycles. The Bertz CT molecular complexity index is 285. The highest BCUT2D eigenvalue weighted by molar-refractivity contribution is 6.76. The van der Waals surface area contributed by atoms with Crippen molar-refractivity contribution in [2.45, 2.75) is 111 Å². The smallest absolute Gasteiger partial charge is 0.113 e. The molecule has 0 rings (SSSR count). The molecule has 0 aromatic rings. The number of nitrogens with zero attached hydrogens (tertiary/aromatic N) is 1. The summed E-state index contributed by atoms with van der Waals surface area (Å²) in [4.78, 5) is 0. The van der Waals surface area contributed by atoms with Gasteiger partial charge in [-0.2, -0.15) is 0 Å². The fourth-order valence-corrected chi connectivity index (χ4v) is 4.51. The Balaban J connectivity index is 0. The van der Waals surface area contributed by atoms with Crippen molar-refractivity contribution in [2.24, 2.45) is 0 Å². The van der Waals surface area contributed by atoms with E-state index in [0.717, 1.165) is 13.2 Å². The van der Waals surface area contributed by atoms with Crippen molar-refractivity contribution in [3.63, 3.8) is 0 Å². The van der Waals surface area contributed by atoms with Crippen LogP contribution < -0.4 is 4.70 Å². The van der Waals surface area contributed by atoms with Crippen LogP contribution in [0.4, 0.5) is 0 Å². The minimum Gasteiger partial charge on any atom is -1.00 e. The first-order valence-electron chi connectivity index (χ1n) is 11.3. The lowest BCUT2D eigenvalue weighted by atomic mass is 10.0. The maximum atomic E-state index is 6.29. The molecule has 0 saturated heterocycles. The minimum absolute atomic E-state index is 0. The van der Waals surface area contributed by atoms with E-state index in [1.54, 1.807) is 0 Å². The molecule has 2 nitrogen and oxygen atoms in total. The van der Waals surface area contributed by atoms with Gasteiger partial charge in [-0.15, -0.1) is 0 Å². The van der Waals surface area contributed by atoms with Crippen molar-refractivity contribution in [3.8, 4) is 0 Å². The molecule has 1 unspecified atom stereocenters. The number of rotatable bonds is 17. The van der Waals surface area contributed by atoms with Crippen molar-refractivity contribution in [1.82, 2.24) is 0 Å². The topological polar surface area (TPSA) is 9.23 Å². The van der Waals surface area contributed by atoms with Crippen LogP contribution in [-0.2, 0) is 4.74 Å². The molecule has 0 aromatic carbocycles. The lowest BCUT2D eigenvalue weighted by Gasteiger charge is -2.45. The Hall–Kier alpha value is 0.0669. The van der Waals surface area contributed by atoms with Crippen LogP contribution in [0.1, 0.15) is 79.1 Å². The zero-order valence-corrected chi connectivity index (χ0v) is 20.2. The lowest BCUT2D eigenvalue weighted by Crippen LogP contribution is -3.00. The molecule has 26 heavy (non-hydrogen) atoms. The largest absolute Gasteiger partial charge is 1.00 e. The summed E-state index contributed by atoms with van der Waals surface area (Å²) in [6.07, 6.45) is 10.6. The monoisotopic (exact) mass is 391 g/mol. The maximum Gasteiger partial charge on any atom is 0.113 e. The summed E-state index contributed by atoms with van der Waals surface area (Å²) in [5, 5.41) is 0. The third-order valence-electron chi connectivity index (χ3n) is 5.57. The Kier molecular flexibility index (Phi) is 17.5. The Morgan fingerprint density at radius 3 is 1.58 bits per heavy atom. The van der Waals surface area contributed by atoms with Gasteiger partial charge >= 0.3 is 0 Å². The van der Waals surface area contributed by atoms with Crippen molar-refractivity contribution < 1.29 is 13.9 Å². The molecule has 0 bridgehead atoms. The van der Waals surface area contributed by atoms with Gasteiger partial charge in [-0.3, -0.25) is 0 Å². The van der Waals surface area contributed by atoms with Crippen LogP contribution in [-0.4, -0.2) is 51.4 Å². The first-order chi connectivity index (χ1) is 11.8. The van der Waals surface area contributed by atoms with Gasteiger partial charge in [0.05, 0.1) is 26.2 Å². The zero-order chi connectivity index (χ0) is 19.2. The van der Waals surface area contributed by atoms with Gasteiger partial charge in [-0.1, -0.05) is 73.0 Å². The quantitative estimate of drug-likeness (QED) is 0.208. The Morgan fingerprint density at radius 1 is 0.769 bits per heavy atom. The van der Waals surface area contributed by atoms with Gasteiger partial charge in [0.15, 0.2) is 0 Å². The highest BCUT2D eigenvalue weighted by atomic mass is 28.3. The molecule has 0 amide bonds. The summed E-state index contributed by atoms with van der Waals surface area (Å²) < 4.78 is 7.62. The molecule has 0 aliphatic rings. The van der Waals surface area contributed by atoms with E-state index in [-0.39, 0.29) is 4.70 Å². The summed E-state index contributed by atoms with van der Waals surface area (Å²) in [5.41, 5.74) is 0. The van der Waals surface area contributed by atoms with Crippen LogP contribution >= 0.6 is 0 Å². The van der Waals surface area contributed by atoms with Crippen LogP contribution in [0.25, 0.3) is 0 Å². The van der Waals surface area contributed by atoms with E-state index < -0.39 is 8.07 Å². The van der Waals surface area contributed by atoms with Gasteiger partial charge in [0.2, 0.25) is 0 Å². The molecule has 0 saturated carbocycles. The second kappa shape index (κ2) is 16.1. The molecular weight excluding hydrogens is 341 g/mol. The van der Waals surface area contributed by atoms with Crippen molar-refractivity contribution in [3.05, 3.63) is 0 Å². The first kappa shape index (κ1) is 28.3. The van der Waals surface area contributed by atoms with Crippen LogP contribution in [0.2, 0.25) is 25.7 Å². The highest BCUT2D eigenvalue weighted by Gasteiger charge is 2.35. The molecule has 0 aromatic heterocycles. The van der Waals surface area contributed by atoms with Crippen molar-refractivity contribution >= 4 is 8.07 Å². The second-order valence-corrected chi connectivity index (χ2v) is 14.9. The van der Waals surface area contributed by atoms with E-state index in [1.165, 1.54) is 81.5 Å². The standard InChI is InChI=1S/C22H50NOSi.FH/c1-8-12-16-23(17-13-9-2,18-14-10-3)22(15-11-4)21-24-19-20-25(5,6)7;/h22H,8-21H2,1-7H3;1H/q+1;/p-1. The van der Waals surface area contributed by atoms with E-state index in [0.29, 0.717) is 6.04 Å². The predicted molar refractivity (Wildman–Crippen MR) is 117 cm³/mol. The average Bonchev–Trinajstić information content (AvgIpc) is 2.56. The molecule has 0 fully saturated rings. The molecule has 0 heterocycles. The number of unbranched alkanes of at least 4 members (excludes halogenated alkanes) is 3. The van der Waals surface area contributed by atoms with Crippen LogP contribution in [0.3, 0.4) is 0 Å². The summed E-state index contributed by atoms with van der Waals surface area (Å²) >= 11 is 0. The lowest BCUT2D eigenvalue weighted by molar-refractivity contribution is -0.952. The normalized spacial score (nSPS) is 13.5. The molecule has 160 valence electrons. The number of ether oxygens (including phenoxy) is 1.